The minimum atomic E-state index is -0.404. The Kier molecular flexibility index (Phi) is 6.90. The highest BCUT2D eigenvalue weighted by Crippen LogP contribution is 2.15. The van der Waals surface area contributed by atoms with Crippen molar-refractivity contribution in [3.8, 4) is 5.75 Å². The van der Waals surface area contributed by atoms with Crippen LogP contribution in [0.2, 0.25) is 5.02 Å². The smallest absolute Gasteiger partial charge is 0.337 e. The van der Waals surface area contributed by atoms with Gasteiger partial charge in [0.25, 0.3) is 5.91 Å². The maximum Gasteiger partial charge on any atom is 0.337 e. The zero-order valence-electron chi connectivity index (χ0n) is 15.8. The lowest BCUT2D eigenvalue weighted by atomic mass is 10.2. The fourth-order valence-corrected chi connectivity index (χ4v) is 3.17. The van der Waals surface area contributed by atoms with E-state index >= 15 is 0 Å². The van der Waals surface area contributed by atoms with Gasteiger partial charge in [0.15, 0.2) is 6.61 Å². The first-order valence-corrected chi connectivity index (χ1v) is 9.48. The van der Waals surface area contributed by atoms with Gasteiger partial charge in [0, 0.05) is 37.7 Å². The van der Waals surface area contributed by atoms with Crippen LogP contribution in [0, 0.1) is 0 Å². The lowest BCUT2D eigenvalue weighted by molar-refractivity contribution is -0.135. The van der Waals surface area contributed by atoms with Gasteiger partial charge in [0.05, 0.1) is 12.7 Å². The number of nitrogens with zero attached hydrogens (tertiary/aromatic N) is 2. The SMILES string of the molecule is COC(=O)c1ccc(OCC(=O)N2CCN(Cc3ccc(Cl)cc3)CC2)cc1. The molecule has 7 heteroatoms. The van der Waals surface area contributed by atoms with Gasteiger partial charge < -0.3 is 14.4 Å². The first kappa shape index (κ1) is 20.2. The van der Waals surface area contributed by atoms with Gasteiger partial charge in [0.2, 0.25) is 0 Å². The Morgan fingerprint density at radius 1 is 0.964 bits per heavy atom. The van der Waals surface area contributed by atoms with Crippen LogP contribution in [0.5, 0.6) is 5.75 Å². The first-order valence-electron chi connectivity index (χ1n) is 9.11. The van der Waals surface area contributed by atoms with E-state index in [1.165, 1.54) is 12.7 Å². The Morgan fingerprint density at radius 3 is 2.21 bits per heavy atom. The number of hydrogen-bond acceptors (Lipinski definition) is 5. The predicted molar refractivity (Wildman–Crippen MR) is 107 cm³/mol. The molecule has 1 aliphatic heterocycles. The molecule has 0 aliphatic carbocycles. The van der Waals surface area contributed by atoms with E-state index in [0.717, 1.165) is 24.7 Å². The maximum atomic E-state index is 12.4. The van der Waals surface area contributed by atoms with E-state index in [-0.39, 0.29) is 12.5 Å². The zero-order chi connectivity index (χ0) is 19.9. The first-order chi connectivity index (χ1) is 13.5. The standard InChI is InChI=1S/C21H23ClN2O4/c1-27-21(26)17-4-8-19(9-5-17)28-15-20(25)24-12-10-23(11-13-24)14-16-2-6-18(22)7-3-16/h2-9H,10-15H2,1H3. The molecule has 0 N–H and O–H groups in total. The summed E-state index contributed by atoms with van der Waals surface area (Å²) in [5.74, 6) is 0.102. The average molecular weight is 403 g/mol. The van der Waals surface area contributed by atoms with Gasteiger partial charge in [-0.1, -0.05) is 23.7 Å². The Bertz CT molecular complexity index is 800. The van der Waals surface area contributed by atoms with Gasteiger partial charge in [-0.3, -0.25) is 9.69 Å². The number of halogens is 1. The molecule has 1 amide bonds. The third-order valence-corrected chi connectivity index (χ3v) is 4.93. The number of methoxy groups -OCH3 is 1. The quantitative estimate of drug-likeness (QED) is 0.695. The molecule has 1 heterocycles. The number of ether oxygens (including phenoxy) is 2. The molecule has 148 valence electrons. The molecule has 2 aromatic carbocycles. The van der Waals surface area contributed by atoms with Gasteiger partial charge in [-0.05, 0) is 42.0 Å². The van der Waals surface area contributed by atoms with Crippen molar-refractivity contribution in [1.29, 1.82) is 0 Å². The van der Waals surface area contributed by atoms with Crippen molar-refractivity contribution in [2.75, 3.05) is 39.9 Å². The van der Waals surface area contributed by atoms with Crippen LogP contribution in [-0.2, 0) is 16.1 Å². The van der Waals surface area contributed by atoms with Crippen molar-refractivity contribution in [2.24, 2.45) is 0 Å². The van der Waals surface area contributed by atoms with Gasteiger partial charge in [-0.25, -0.2) is 4.79 Å². The van der Waals surface area contributed by atoms with Crippen LogP contribution in [0.25, 0.3) is 0 Å². The number of amides is 1. The molecule has 28 heavy (non-hydrogen) atoms. The third kappa shape index (κ3) is 5.47. The van der Waals surface area contributed by atoms with E-state index in [1.54, 1.807) is 24.3 Å². The Morgan fingerprint density at radius 2 is 1.61 bits per heavy atom. The normalized spacial score (nSPS) is 14.6. The van der Waals surface area contributed by atoms with Gasteiger partial charge in [0.1, 0.15) is 5.75 Å². The maximum absolute atomic E-state index is 12.4. The lowest BCUT2D eigenvalue weighted by Gasteiger charge is -2.34. The van der Waals surface area contributed by atoms with Crippen molar-refractivity contribution in [1.82, 2.24) is 9.80 Å². The molecule has 0 spiro atoms. The molecule has 0 bridgehead atoms. The number of hydrogen-bond donors (Lipinski definition) is 0. The molecule has 0 aromatic heterocycles. The summed E-state index contributed by atoms with van der Waals surface area (Å²) in [7, 11) is 1.33. The molecule has 1 saturated heterocycles. The molecule has 2 aromatic rings. The van der Waals surface area contributed by atoms with E-state index in [9.17, 15) is 9.59 Å². The third-order valence-electron chi connectivity index (χ3n) is 4.68. The van der Waals surface area contributed by atoms with Crippen molar-refractivity contribution in [3.05, 3.63) is 64.7 Å². The molecular formula is C21H23ClN2O4. The summed E-state index contributed by atoms with van der Waals surface area (Å²) in [6, 6.07) is 14.4. The number of piperazine rings is 1. The largest absolute Gasteiger partial charge is 0.484 e. The second kappa shape index (κ2) is 9.57. The Hall–Kier alpha value is -2.57. The fraction of sp³-hybridized carbons (Fsp3) is 0.333. The second-order valence-electron chi connectivity index (χ2n) is 6.59. The molecule has 3 rings (SSSR count). The number of esters is 1. The van der Waals surface area contributed by atoms with Crippen LogP contribution < -0.4 is 4.74 Å². The molecular weight excluding hydrogens is 380 g/mol. The highest BCUT2D eigenvalue weighted by atomic mass is 35.5. The zero-order valence-corrected chi connectivity index (χ0v) is 16.5. The van der Waals surface area contributed by atoms with Crippen molar-refractivity contribution in [3.63, 3.8) is 0 Å². The second-order valence-corrected chi connectivity index (χ2v) is 7.02. The minimum Gasteiger partial charge on any atom is -0.484 e. The van der Waals surface area contributed by atoms with E-state index in [4.69, 9.17) is 16.3 Å². The van der Waals surface area contributed by atoms with Crippen LogP contribution in [0.4, 0.5) is 0 Å². The molecule has 0 atom stereocenters. The Balaban J connectivity index is 1.42. The summed E-state index contributed by atoms with van der Waals surface area (Å²) < 4.78 is 10.2. The molecule has 6 nitrogen and oxygen atoms in total. The number of benzene rings is 2. The highest BCUT2D eigenvalue weighted by molar-refractivity contribution is 6.30. The fourth-order valence-electron chi connectivity index (χ4n) is 3.04. The van der Waals surface area contributed by atoms with Crippen molar-refractivity contribution >= 4 is 23.5 Å². The van der Waals surface area contributed by atoms with E-state index in [1.807, 2.05) is 29.2 Å². The summed E-state index contributed by atoms with van der Waals surface area (Å²) in [6.07, 6.45) is 0. The van der Waals surface area contributed by atoms with Crippen LogP contribution in [0.15, 0.2) is 48.5 Å². The number of rotatable bonds is 6. The number of carbonyl (C=O) groups excluding carboxylic acids is 2. The van der Waals surface area contributed by atoms with E-state index in [2.05, 4.69) is 9.64 Å². The highest BCUT2D eigenvalue weighted by Gasteiger charge is 2.21. The van der Waals surface area contributed by atoms with E-state index < -0.39 is 5.97 Å². The lowest BCUT2D eigenvalue weighted by Crippen LogP contribution is -2.49. The molecule has 1 aliphatic rings. The average Bonchev–Trinajstić information content (AvgIpc) is 2.74. The summed E-state index contributed by atoms with van der Waals surface area (Å²) in [4.78, 5) is 27.9. The van der Waals surface area contributed by atoms with Gasteiger partial charge in [-0.15, -0.1) is 0 Å². The van der Waals surface area contributed by atoms with Crippen molar-refractivity contribution in [2.45, 2.75) is 6.54 Å². The molecule has 0 unspecified atom stereocenters. The topological polar surface area (TPSA) is 59.1 Å². The van der Waals surface area contributed by atoms with Crippen LogP contribution in [0.1, 0.15) is 15.9 Å². The van der Waals surface area contributed by atoms with Gasteiger partial charge in [-0.2, -0.15) is 0 Å². The van der Waals surface area contributed by atoms with Gasteiger partial charge >= 0.3 is 5.97 Å². The summed E-state index contributed by atoms with van der Waals surface area (Å²) in [6.45, 7) is 3.83. The summed E-state index contributed by atoms with van der Waals surface area (Å²) >= 11 is 5.92. The molecule has 0 radical (unpaired) electrons. The van der Waals surface area contributed by atoms with Crippen LogP contribution in [-0.4, -0.2) is 61.6 Å². The molecule has 1 fully saturated rings. The van der Waals surface area contributed by atoms with Crippen LogP contribution >= 0.6 is 11.6 Å². The molecule has 0 saturated carbocycles. The monoisotopic (exact) mass is 402 g/mol. The van der Waals surface area contributed by atoms with E-state index in [0.29, 0.717) is 24.4 Å². The minimum absolute atomic E-state index is 0.0191. The van der Waals surface area contributed by atoms with Crippen molar-refractivity contribution < 1.29 is 19.1 Å². The van der Waals surface area contributed by atoms with Crippen LogP contribution in [0.3, 0.4) is 0 Å². The Labute approximate surface area is 169 Å². The summed E-state index contributed by atoms with van der Waals surface area (Å²) in [5, 5.41) is 0.735. The number of carbonyl (C=O) groups is 2. The summed E-state index contributed by atoms with van der Waals surface area (Å²) in [5.41, 5.74) is 1.65. The predicted octanol–water partition coefficient (Wildman–Crippen LogP) is 2.85.